The maximum absolute atomic E-state index is 11.7. The lowest BCUT2D eigenvalue weighted by Gasteiger charge is -2.33. The highest BCUT2D eigenvalue weighted by Gasteiger charge is 2.41. The van der Waals surface area contributed by atoms with E-state index >= 15 is 0 Å². The summed E-state index contributed by atoms with van der Waals surface area (Å²) in [5.74, 6) is -1.42. The maximum Gasteiger partial charge on any atom is 0.329 e. The number of hydrogen-bond acceptors (Lipinski definition) is 4. The van der Waals surface area contributed by atoms with Crippen molar-refractivity contribution in [1.82, 2.24) is 10.6 Å². The number of ether oxygens (including phenoxy) is 1. The summed E-state index contributed by atoms with van der Waals surface area (Å²) in [5, 5.41) is 14.3. The van der Waals surface area contributed by atoms with Gasteiger partial charge in [-0.05, 0) is 12.8 Å². The average Bonchev–Trinajstić information content (AvgIpc) is 2.38. The zero-order valence-corrected chi connectivity index (χ0v) is 11.3. The van der Waals surface area contributed by atoms with Crippen molar-refractivity contribution in [3.8, 4) is 0 Å². The third-order valence-electron chi connectivity index (χ3n) is 3.24. The second kappa shape index (κ2) is 7.68. The standard InChI is InChI=1S/C12H21N3O5/c13-9(16)3-1-2-6-14-11(19)15-12(10(17)18)4-7-20-8-5-12/h1-8H2,(H2,13,16)(H,17,18)(H2,14,15,19). The second-order valence-electron chi connectivity index (χ2n) is 4.80. The SMILES string of the molecule is NC(=O)CCCCNC(=O)NC1(C(=O)O)CCOCC1. The van der Waals surface area contributed by atoms with Gasteiger partial charge >= 0.3 is 12.0 Å². The maximum atomic E-state index is 11.7. The number of carbonyl (C=O) groups excluding carboxylic acids is 2. The normalized spacial score (nSPS) is 17.2. The number of carboxylic acids is 1. The van der Waals surface area contributed by atoms with E-state index in [2.05, 4.69) is 10.6 Å². The minimum atomic E-state index is -1.25. The molecule has 0 radical (unpaired) electrons. The van der Waals surface area contributed by atoms with Gasteiger partial charge in [-0.2, -0.15) is 0 Å². The number of nitrogens with two attached hydrogens (primary N) is 1. The topological polar surface area (TPSA) is 131 Å². The summed E-state index contributed by atoms with van der Waals surface area (Å²) in [6.45, 7) is 0.988. The van der Waals surface area contributed by atoms with E-state index in [1.54, 1.807) is 0 Å². The van der Waals surface area contributed by atoms with E-state index in [-0.39, 0.29) is 25.2 Å². The zero-order valence-electron chi connectivity index (χ0n) is 11.3. The summed E-state index contributed by atoms with van der Waals surface area (Å²) < 4.78 is 5.11. The molecule has 0 bridgehead atoms. The Balaban J connectivity index is 2.32. The molecule has 0 aromatic heterocycles. The Bertz CT molecular complexity index is 366. The number of rotatable bonds is 7. The molecule has 8 nitrogen and oxygen atoms in total. The molecule has 0 atom stereocenters. The van der Waals surface area contributed by atoms with Crippen LogP contribution in [0.3, 0.4) is 0 Å². The molecule has 8 heteroatoms. The van der Waals surface area contributed by atoms with Crippen molar-refractivity contribution in [3.63, 3.8) is 0 Å². The summed E-state index contributed by atoms with van der Waals surface area (Å²) in [7, 11) is 0. The molecule has 20 heavy (non-hydrogen) atoms. The second-order valence-corrected chi connectivity index (χ2v) is 4.80. The molecule has 1 rings (SSSR count). The number of nitrogens with one attached hydrogen (secondary N) is 2. The number of urea groups is 1. The third kappa shape index (κ3) is 5.04. The van der Waals surface area contributed by atoms with E-state index in [9.17, 15) is 19.5 Å². The Morgan fingerprint density at radius 2 is 1.85 bits per heavy atom. The average molecular weight is 287 g/mol. The Morgan fingerprint density at radius 3 is 2.40 bits per heavy atom. The minimum Gasteiger partial charge on any atom is -0.480 e. The van der Waals surface area contributed by atoms with Crippen LogP contribution in [0.15, 0.2) is 0 Å². The monoisotopic (exact) mass is 287 g/mol. The van der Waals surface area contributed by atoms with Gasteiger partial charge in [0.15, 0.2) is 0 Å². The van der Waals surface area contributed by atoms with E-state index < -0.39 is 17.5 Å². The summed E-state index contributed by atoms with van der Waals surface area (Å²) in [6.07, 6.45) is 1.97. The first-order valence-electron chi connectivity index (χ1n) is 6.62. The van der Waals surface area contributed by atoms with Crippen molar-refractivity contribution in [1.29, 1.82) is 0 Å². The van der Waals surface area contributed by atoms with Gasteiger partial charge in [-0.25, -0.2) is 9.59 Å². The highest BCUT2D eigenvalue weighted by atomic mass is 16.5. The molecule has 0 unspecified atom stereocenters. The van der Waals surface area contributed by atoms with Crippen molar-refractivity contribution >= 4 is 17.9 Å². The predicted molar refractivity (Wildman–Crippen MR) is 70.0 cm³/mol. The highest BCUT2D eigenvalue weighted by molar-refractivity contribution is 5.86. The largest absolute Gasteiger partial charge is 0.480 e. The summed E-state index contributed by atoms with van der Waals surface area (Å²) in [4.78, 5) is 33.5. The molecule has 1 aliphatic heterocycles. The Hall–Kier alpha value is -1.83. The highest BCUT2D eigenvalue weighted by Crippen LogP contribution is 2.20. The Morgan fingerprint density at radius 1 is 1.20 bits per heavy atom. The van der Waals surface area contributed by atoms with E-state index in [1.165, 1.54) is 0 Å². The molecule has 0 aromatic carbocycles. The zero-order chi connectivity index (χ0) is 15.0. The van der Waals surface area contributed by atoms with Gasteiger partial charge in [0.05, 0.1) is 0 Å². The molecule has 3 amide bonds. The lowest BCUT2D eigenvalue weighted by Crippen LogP contribution is -2.59. The fraction of sp³-hybridized carbons (Fsp3) is 0.750. The molecule has 5 N–H and O–H groups in total. The molecule has 0 aliphatic carbocycles. The molecule has 1 heterocycles. The van der Waals surface area contributed by atoms with E-state index in [0.717, 1.165) is 0 Å². The molecule has 0 spiro atoms. The quantitative estimate of drug-likeness (QED) is 0.472. The van der Waals surface area contributed by atoms with Gasteiger partial charge in [-0.15, -0.1) is 0 Å². The van der Waals surface area contributed by atoms with E-state index in [0.29, 0.717) is 32.6 Å². The van der Waals surface area contributed by atoms with Gasteiger partial charge < -0.3 is 26.2 Å². The van der Waals surface area contributed by atoms with Crippen LogP contribution in [-0.4, -0.2) is 48.3 Å². The van der Waals surface area contributed by atoms with Crippen LogP contribution >= 0.6 is 0 Å². The first-order chi connectivity index (χ1) is 9.46. The van der Waals surface area contributed by atoms with Crippen LogP contribution in [0.1, 0.15) is 32.1 Å². The summed E-state index contributed by atoms with van der Waals surface area (Å²) >= 11 is 0. The van der Waals surface area contributed by atoms with E-state index in [4.69, 9.17) is 10.5 Å². The fourth-order valence-electron chi connectivity index (χ4n) is 2.00. The number of unbranched alkanes of at least 4 members (excludes halogenated alkanes) is 1. The molecule has 114 valence electrons. The van der Waals surface area contributed by atoms with Gasteiger partial charge in [-0.3, -0.25) is 4.79 Å². The number of primary amides is 1. The van der Waals surface area contributed by atoms with Crippen LogP contribution in [0.5, 0.6) is 0 Å². The van der Waals surface area contributed by atoms with Crippen molar-refractivity contribution in [2.24, 2.45) is 5.73 Å². The number of aliphatic carboxylic acids is 1. The molecule has 0 aromatic rings. The smallest absolute Gasteiger partial charge is 0.329 e. The summed E-state index contributed by atoms with van der Waals surface area (Å²) in [6, 6.07) is -0.520. The van der Waals surface area contributed by atoms with Gasteiger partial charge in [0, 0.05) is 39.0 Å². The van der Waals surface area contributed by atoms with Crippen molar-refractivity contribution in [3.05, 3.63) is 0 Å². The van der Waals surface area contributed by atoms with Crippen molar-refractivity contribution in [2.45, 2.75) is 37.6 Å². The van der Waals surface area contributed by atoms with Crippen LogP contribution in [0.2, 0.25) is 0 Å². The molecule has 1 aliphatic rings. The van der Waals surface area contributed by atoms with Crippen LogP contribution < -0.4 is 16.4 Å². The lowest BCUT2D eigenvalue weighted by molar-refractivity contribution is -0.148. The van der Waals surface area contributed by atoms with Crippen LogP contribution in [-0.2, 0) is 14.3 Å². The molecule has 1 fully saturated rings. The Kier molecular flexibility index (Phi) is 6.23. The van der Waals surface area contributed by atoms with Crippen LogP contribution in [0.25, 0.3) is 0 Å². The third-order valence-corrected chi connectivity index (χ3v) is 3.24. The lowest BCUT2D eigenvalue weighted by atomic mass is 9.90. The fourth-order valence-corrected chi connectivity index (χ4v) is 2.00. The Labute approximate surface area is 117 Å². The molecule has 1 saturated heterocycles. The first kappa shape index (κ1) is 16.2. The minimum absolute atomic E-state index is 0.247. The molecular weight excluding hydrogens is 266 g/mol. The molecular formula is C12H21N3O5. The van der Waals surface area contributed by atoms with Crippen molar-refractivity contribution in [2.75, 3.05) is 19.8 Å². The van der Waals surface area contributed by atoms with Gasteiger partial charge in [0.25, 0.3) is 0 Å². The number of carbonyl (C=O) groups is 3. The van der Waals surface area contributed by atoms with Gasteiger partial charge in [0.2, 0.25) is 5.91 Å². The first-order valence-corrected chi connectivity index (χ1v) is 6.62. The van der Waals surface area contributed by atoms with Gasteiger partial charge in [0.1, 0.15) is 5.54 Å². The molecule has 0 saturated carbocycles. The van der Waals surface area contributed by atoms with Crippen molar-refractivity contribution < 1.29 is 24.2 Å². The van der Waals surface area contributed by atoms with Gasteiger partial charge in [-0.1, -0.05) is 0 Å². The predicted octanol–water partition coefficient (Wildman–Crippen LogP) is -0.425. The summed E-state index contributed by atoms with van der Waals surface area (Å²) in [5.41, 5.74) is 3.74. The number of hydrogen-bond donors (Lipinski definition) is 4. The number of amides is 3. The van der Waals surface area contributed by atoms with Crippen LogP contribution in [0, 0.1) is 0 Å². The van der Waals surface area contributed by atoms with E-state index in [1.807, 2.05) is 0 Å². The number of carboxylic acid groups (broad SMARTS) is 1. The van der Waals surface area contributed by atoms with Crippen LogP contribution in [0.4, 0.5) is 4.79 Å².